The summed E-state index contributed by atoms with van der Waals surface area (Å²) >= 11 is 0. The zero-order chi connectivity index (χ0) is 11.9. The molecule has 3 N–H and O–H groups in total. The first-order valence-corrected chi connectivity index (χ1v) is 4.31. The molecule has 0 radical (unpaired) electrons. The quantitative estimate of drug-likeness (QED) is 0.351. The Bertz CT molecular complexity index is 157. The van der Waals surface area contributed by atoms with E-state index in [4.69, 9.17) is 10.9 Å². The molecule has 0 bridgehead atoms. The van der Waals surface area contributed by atoms with Crippen molar-refractivity contribution in [1.82, 2.24) is 15.0 Å². The predicted molar refractivity (Wildman–Crippen MR) is 56.2 cm³/mol. The Morgan fingerprint density at radius 2 is 1.50 bits per heavy atom. The van der Waals surface area contributed by atoms with E-state index < -0.39 is 0 Å². The van der Waals surface area contributed by atoms with Crippen molar-refractivity contribution < 1.29 is 9.90 Å². The number of urea groups is 1. The zero-order valence-electron chi connectivity index (χ0n) is 9.85. The number of carbonyl (C=O) groups is 1. The first-order chi connectivity index (χ1) is 6.20. The van der Waals surface area contributed by atoms with E-state index in [-0.39, 0.29) is 12.1 Å². The lowest BCUT2D eigenvalue weighted by molar-refractivity contribution is 0.0671. The highest BCUT2D eigenvalue weighted by atomic mass is 16.3. The van der Waals surface area contributed by atoms with Gasteiger partial charge in [-0.05, 0) is 13.8 Å². The molecule has 6 nitrogen and oxygen atoms in total. The highest BCUT2D eigenvalue weighted by molar-refractivity contribution is 5.72. The van der Waals surface area contributed by atoms with E-state index in [2.05, 4.69) is 0 Å². The number of hydrogen-bond acceptors (Lipinski definition) is 4. The topological polar surface area (TPSA) is 73.0 Å². The summed E-state index contributed by atoms with van der Waals surface area (Å²) in [5.41, 5.74) is 0. The van der Waals surface area contributed by atoms with E-state index in [1.165, 1.54) is 12.1 Å². The van der Waals surface area contributed by atoms with Crippen LogP contribution in [0.25, 0.3) is 0 Å². The van der Waals surface area contributed by atoms with Gasteiger partial charge in [0, 0.05) is 34.3 Å². The van der Waals surface area contributed by atoms with Crippen molar-refractivity contribution in [3.8, 4) is 0 Å². The van der Waals surface area contributed by atoms with E-state index in [1.807, 2.05) is 0 Å². The highest BCUT2D eigenvalue weighted by Gasteiger charge is 2.11. The van der Waals surface area contributed by atoms with Crippen molar-refractivity contribution >= 4 is 6.03 Å². The minimum absolute atomic E-state index is 0.167. The van der Waals surface area contributed by atoms with Gasteiger partial charge >= 0.3 is 6.03 Å². The SMILES string of the molecule is CC(C)O.CN(N)C(=O)N(C)N(C)C. The van der Waals surface area contributed by atoms with Crippen molar-refractivity contribution in [3.05, 3.63) is 0 Å². The van der Waals surface area contributed by atoms with Crippen LogP contribution in [-0.2, 0) is 0 Å². The maximum Gasteiger partial charge on any atom is 0.348 e. The third kappa shape index (κ3) is 9.24. The first kappa shape index (κ1) is 15.6. The van der Waals surface area contributed by atoms with E-state index in [9.17, 15) is 4.79 Å². The van der Waals surface area contributed by atoms with E-state index in [0.29, 0.717) is 0 Å². The average Bonchev–Trinajstić information content (AvgIpc) is 2.00. The number of carbonyl (C=O) groups excluding carboxylic acids is 1. The fourth-order valence-corrected chi connectivity index (χ4v) is 0.399. The monoisotopic (exact) mass is 206 g/mol. The molecule has 0 aliphatic carbocycles. The van der Waals surface area contributed by atoms with Crippen LogP contribution in [0.5, 0.6) is 0 Å². The predicted octanol–water partition coefficient (Wildman–Crippen LogP) is -0.293. The molecule has 0 atom stereocenters. The minimum atomic E-state index is -0.245. The Balaban J connectivity index is 0. The molecule has 86 valence electrons. The number of aliphatic hydroxyl groups is 1. The van der Waals surface area contributed by atoms with Gasteiger partial charge in [-0.1, -0.05) is 0 Å². The van der Waals surface area contributed by atoms with Crippen molar-refractivity contribution in [2.45, 2.75) is 20.0 Å². The minimum Gasteiger partial charge on any atom is -0.394 e. The Kier molecular flexibility index (Phi) is 8.41. The molecular formula is C8H22N4O2. The van der Waals surface area contributed by atoms with Gasteiger partial charge in [0.2, 0.25) is 0 Å². The number of aliphatic hydroxyl groups excluding tert-OH is 1. The number of nitrogens with two attached hydrogens (primary N) is 1. The molecular weight excluding hydrogens is 184 g/mol. The second-order valence-electron chi connectivity index (χ2n) is 3.36. The molecule has 0 fully saturated rings. The summed E-state index contributed by atoms with van der Waals surface area (Å²) < 4.78 is 0. The van der Waals surface area contributed by atoms with Crippen LogP contribution in [0.1, 0.15) is 13.8 Å². The summed E-state index contributed by atoms with van der Waals surface area (Å²) in [6.07, 6.45) is -0.167. The molecule has 0 aliphatic rings. The lowest BCUT2D eigenvalue weighted by Gasteiger charge is -2.26. The lowest BCUT2D eigenvalue weighted by Crippen LogP contribution is -2.48. The van der Waals surface area contributed by atoms with Crippen LogP contribution in [0.15, 0.2) is 0 Å². The molecule has 14 heavy (non-hydrogen) atoms. The Morgan fingerprint density at radius 1 is 1.21 bits per heavy atom. The van der Waals surface area contributed by atoms with Crippen molar-refractivity contribution in [2.75, 3.05) is 28.2 Å². The second kappa shape index (κ2) is 7.54. The Morgan fingerprint density at radius 3 is 1.57 bits per heavy atom. The van der Waals surface area contributed by atoms with Gasteiger partial charge in [0.1, 0.15) is 0 Å². The van der Waals surface area contributed by atoms with Gasteiger partial charge in [0.05, 0.1) is 0 Å². The Labute approximate surface area is 85.8 Å². The van der Waals surface area contributed by atoms with Crippen LogP contribution in [0.2, 0.25) is 0 Å². The number of hydrazine groups is 2. The smallest absolute Gasteiger partial charge is 0.348 e. The largest absolute Gasteiger partial charge is 0.394 e. The molecule has 0 unspecified atom stereocenters. The fraction of sp³-hybridized carbons (Fsp3) is 0.875. The van der Waals surface area contributed by atoms with Crippen LogP contribution >= 0.6 is 0 Å². The molecule has 6 heteroatoms. The maximum absolute atomic E-state index is 11.0. The molecule has 2 amide bonds. The van der Waals surface area contributed by atoms with Gasteiger partial charge in [-0.25, -0.2) is 15.6 Å². The molecule has 0 aromatic heterocycles. The van der Waals surface area contributed by atoms with Gasteiger partial charge in [0.25, 0.3) is 0 Å². The van der Waals surface area contributed by atoms with Crippen molar-refractivity contribution in [2.24, 2.45) is 5.84 Å². The van der Waals surface area contributed by atoms with Crippen LogP contribution in [0, 0.1) is 0 Å². The van der Waals surface area contributed by atoms with Crippen molar-refractivity contribution in [3.63, 3.8) is 0 Å². The standard InChI is InChI=1S/C5H14N4O.C3H8O/c1-7(2)9(4)5(10)8(3)6;1-3(2)4/h6H2,1-4H3;3-4H,1-2H3. The van der Waals surface area contributed by atoms with Gasteiger partial charge in [-0.15, -0.1) is 0 Å². The number of nitrogens with zero attached hydrogens (tertiary/aromatic N) is 3. The summed E-state index contributed by atoms with van der Waals surface area (Å²) in [6.45, 7) is 3.44. The van der Waals surface area contributed by atoms with E-state index in [1.54, 1.807) is 40.0 Å². The van der Waals surface area contributed by atoms with Crippen LogP contribution in [0.4, 0.5) is 4.79 Å². The van der Waals surface area contributed by atoms with Crippen molar-refractivity contribution in [1.29, 1.82) is 0 Å². The summed E-state index contributed by atoms with van der Waals surface area (Å²) in [7, 11) is 6.68. The molecule has 0 spiro atoms. The number of amides is 2. The third-order valence-corrected chi connectivity index (χ3v) is 1.18. The highest BCUT2D eigenvalue weighted by Crippen LogP contribution is 1.89. The van der Waals surface area contributed by atoms with E-state index in [0.717, 1.165) is 5.01 Å². The molecule has 0 aromatic rings. The summed E-state index contributed by atoms with van der Waals surface area (Å²) in [6, 6.07) is -0.245. The molecule has 0 aliphatic heterocycles. The molecule has 0 rings (SSSR count). The third-order valence-electron chi connectivity index (χ3n) is 1.18. The average molecular weight is 206 g/mol. The van der Waals surface area contributed by atoms with Gasteiger partial charge in [-0.3, -0.25) is 10.0 Å². The molecule has 0 saturated carbocycles. The Hall–Kier alpha value is -0.850. The maximum atomic E-state index is 11.0. The summed E-state index contributed by atoms with van der Waals surface area (Å²) in [5, 5.41) is 12.1. The number of hydrogen-bond donors (Lipinski definition) is 2. The van der Waals surface area contributed by atoms with Crippen LogP contribution in [0.3, 0.4) is 0 Å². The molecule has 0 aromatic carbocycles. The summed E-state index contributed by atoms with van der Waals surface area (Å²) in [5.74, 6) is 5.19. The number of rotatable bonds is 1. The normalized spacial score (nSPS) is 9.57. The van der Waals surface area contributed by atoms with Gasteiger partial charge in [0.15, 0.2) is 0 Å². The first-order valence-electron chi connectivity index (χ1n) is 4.31. The zero-order valence-corrected chi connectivity index (χ0v) is 9.85. The lowest BCUT2D eigenvalue weighted by atomic mass is 10.5. The second-order valence-corrected chi connectivity index (χ2v) is 3.36. The molecule has 0 saturated heterocycles. The van der Waals surface area contributed by atoms with Crippen LogP contribution in [-0.4, -0.2) is 60.5 Å². The molecule has 0 heterocycles. The fourth-order valence-electron chi connectivity index (χ4n) is 0.399. The van der Waals surface area contributed by atoms with Gasteiger partial charge in [-0.2, -0.15) is 0 Å². The van der Waals surface area contributed by atoms with Crippen LogP contribution < -0.4 is 5.84 Å². The van der Waals surface area contributed by atoms with Gasteiger partial charge < -0.3 is 5.11 Å². The summed E-state index contributed by atoms with van der Waals surface area (Å²) in [4.78, 5) is 11.0. The van der Waals surface area contributed by atoms with E-state index >= 15 is 0 Å².